The molecular weight excluding hydrogens is 382 g/mol. The maximum atomic E-state index is 12.5. The van der Waals surface area contributed by atoms with E-state index in [4.69, 9.17) is 25.8 Å². The van der Waals surface area contributed by atoms with Gasteiger partial charge in [-0.1, -0.05) is 23.7 Å². The van der Waals surface area contributed by atoms with Crippen molar-refractivity contribution in [3.8, 4) is 11.5 Å². The van der Waals surface area contributed by atoms with Crippen LogP contribution in [0.25, 0.3) is 0 Å². The van der Waals surface area contributed by atoms with Gasteiger partial charge in [0.2, 0.25) is 10.0 Å². The molecule has 140 valence electrons. The molecule has 26 heavy (non-hydrogen) atoms. The maximum absolute atomic E-state index is 12.5. The van der Waals surface area contributed by atoms with E-state index in [1.165, 1.54) is 33.5 Å². The summed E-state index contributed by atoms with van der Waals surface area (Å²) in [6.07, 6.45) is 0. The minimum atomic E-state index is -3.81. The Kier molecular flexibility index (Phi) is 6.33. The van der Waals surface area contributed by atoms with E-state index >= 15 is 0 Å². The fourth-order valence-electron chi connectivity index (χ4n) is 2.25. The topological polar surface area (TPSA) is 90.9 Å². The van der Waals surface area contributed by atoms with Crippen molar-refractivity contribution in [1.29, 1.82) is 0 Å². The number of hydrogen-bond acceptors (Lipinski definition) is 6. The van der Waals surface area contributed by atoms with Gasteiger partial charge >= 0.3 is 5.97 Å². The Labute approximate surface area is 156 Å². The number of carbonyl (C=O) groups is 1. The van der Waals surface area contributed by atoms with E-state index in [0.29, 0.717) is 10.6 Å². The van der Waals surface area contributed by atoms with Crippen LogP contribution in [0.3, 0.4) is 0 Å². The summed E-state index contributed by atoms with van der Waals surface area (Å²) in [5, 5.41) is 0.506. The highest BCUT2D eigenvalue weighted by Gasteiger charge is 2.21. The van der Waals surface area contributed by atoms with E-state index in [0.717, 1.165) is 0 Å². The molecule has 0 amide bonds. The molecule has 0 aromatic heterocycles. The monoisotopic (exact) mass is 399 g/mol. The standard InChI is InChI=1S/C17H18ClNO6S/c1-23-15-8-13(17(20)25-3)14(9-16(15)24-2)19-26(21,22)10-11-4-6-12(18)7-5-11/h4-9,19H,10H2,1-3H3. The van der Waals surface area contributed by atoms with Crippen LogP contribution in [0.2, 0.25) is 5.02 Å². The van der Waals surface area contributed by atoms with E-state index in [2.05, 4.69) is 4.72 Å². The summed E-state index contributed by atoms with van der Waals surface area (Å²) in [5.41, 5.74) is 0.579. The highest BCUT2D eigenvalue weighted by atomic mass is 35.5. The van der Waals surface area contributed by atoms with Gasteiger partial charge < -0.3 is 14.2 Å². The van der Waals surface area contributed by atoms with Crippen LogP contribution in [0.15, 0.2) is 36.4 Å². The molecule has 0 heterocycles. The fourth-order valence-corrected chi connectivity index (χ4v) is 3.58. The highest BCUT2D eigenvalue weighted by Crippen LogP contribution is 2.34. The van der Waals surface area contributed by atoms with Gasteiger partial charge in [0, 0.05) is 17.2 Å². The van der Waals surface area contributed by atoms with Crippen LogP contribution < -0.4 is 14.2 Å². The van der Waals surface area contributed by atoms with Gasteiger partial charge in [0.1, 0.15) is 0 Å². The third kappa shape index (κ3) is 4.80. The predicted octanol–water partition coefficient (Wildman–Crippen LogP) is 3.09. The molecule has 2 aromatic rings. The third-order valence-corrected chi connectivity index (χ3v) is 4.96. The SMILES string of the molecule is COC(=O)c1cc(OC)c(OC)cc1NS(=O)(=O)Cc1ccc(Cl)cc1. The van der Waals surface area contributed by atoms with Crippen LogP contribution >= 0.6 is 11.6 Å². The second kappa shape index (κ2) is 8.29. The van der Waals surface area contributed by atoms with Gasteiger partial charge in [0.05, 0.1) is 38.3 Å². The molecule has 7 nitrogen and oxygen atoms in total. The van der Waals surface area contributed by atoms with Crippen LogP contribution in [0, 0.1) is 0 Å². The second-order valence-corrected chi connectivity index (χ2v) is 7.39. The summed E-state index contributed by atoms with van der Waals surface area (Å²) in [6, 6.07) is 9.13. The van der Waals surface area contributed by atoms with Crippen molar-refractivity contribution < 1.29 is 27.4 Å². The Morgan fingerprint density at radius 2 is 1.62 bits per heavy atom. The molecular formula is C17H18ClNO6S. The van der Waals surface area contributed by atoms with E-state index in [1.807, 2.05) is 0 Å². The predicted molar refractivity (Wildman–Crippen MR) is 98.6 cm³/mol. The minimum Gasteiger partial charge on any atom is -0.493 e. The van der Waals surface area contributed by atoms with Crippen molar-refractivity contribution in [3.05, 3.63) is 52.5 Å². The number of halogens is 1. The number of methoxy groups -OCH3 is 3. The van der Waals surface area contributed by atoms with Crippen LogP contribution in [0.5, 0.6) is 11.5 Å². The number of benzene rings is 2. The quantitative estimate of drug-likeness (QED) is 0.719. The molecule has 0 aliphatic rings. The van der Waals surface area contributed by atoms with Crippen LogP contribution in [-0.2, 0) is 20.5 Å². The highest BCUT2D eigenvalue weighted by molar-refractivity contribution is 7.91. The second-order valence-electron chi connectivity index (χ2n) is 5.23. The van der Waals surface area contributed by atoms with Crippen molar-refractivity contribution in [1.82, 2.24) is 0 Å². The Hall–Kier alpha value is -2.45. The van der Waals surface area contributed by atoms with E-state index < -0.39 is 16.0 Å². The molecule has 0 fully saturated rings. The largest absolute Gasteiger partial charge is 0.493 e. The normalized spacial score (nSPS) is 10.9. The van der Waals surface area contributed by atoms with Crippen molar-refractivity contribution in [2.24, 2.45) is 0 Å². The molecule has 0 saturated heterocycles. The number of carbonyl (C=O) groups excluding carboxylic acids is 1. The molecule has 0 saturated carbocycles. The minimum absolute atomic E-state index is 0.00447. The molecule has 9 heteroatoms. The summed E-state index contributed by atoms with van der Waals surface area (Å²) in [6.45, 7) is 0. The van der Waals surface area contributed by atoms with Crippen molar-refractivity contribution >= 4 is 33.3 Å². The van der Waals surface area contributed by atoms with Gasteiger partial charge in [-0.15, -0.1) is 0 Å². The van der Waals surface area contributed by atoms with Gasteiger partial charge in [-0.3, -0.25) is 4.72 Å². The van der Waals surface area contributed by atoms with Crippen LogP contribution in [0.1, 0.15) is 15.9 Å². The first kappa shape index (κ1) is 19.9. The van der Waals surface area contributed by atoms with Gasteiger partial charge in [-0.05, 0) is 17.7 Å². The summed E-state index contributed by atoms with van der Waals surface area (Å²) in [7, 11) is 0.203. The van der Waals surface area contributed by atoms with Gasteiger partial charge in [0.15, 0.2) is 11.5 Å². The first-order valence-corrected chi connectivity index (χ1v) is 9.42. The van der Waals surface area contributed by atoms with Crippen molar-refractivity contribution in [3.63, 3.8) is 0 Å². The van der Waals surface area contributed by atoms with Gasteiger partial charge in [0.25, 0.3) is 0 Å². The smallest absolute Gasteiger partial charge is 0.340 e. The van der Waals surface area contributed by atoms with Gasteiger partial charge in [-0.2, -0.15) is 0 Å². The van der Waals surface area contributed by atoms with Crippen molar-refractivity contribution in [2.75, 3.05) is 26.1 Å². The molecule has 0 radical (unpaired) electrons. The number of rotatable bonds is 7. The lowest BCUT2D eigenvalue weighted by Crippen LogP contribution is -2.18. The maximum Gasteiger partial charge on any atom is 0.340 e. The number of ether oxygens (including phenoxy) is 3. The van der Waals surface area contributed by atoms with E-state index in [-0.39, 0.29) is 28.5 Å². The summed E-state index contributed by atoms with van der Waals surface area (Å²) in [4.78, 5) is 12.0. The molecule has 0 spiro atoms. The Morgan fingerprint density at radius 1 is 1.04 bits per heavy atom. The number of esters is 1. The average molecular weight is 400 g/mol. The molecule has 0 unspecified atom stereocenters. The molecule has 2 rings (SSSR count). The van der Waals surface area contributed by atoms with Crippen molar-refractivity contribution in [2.45, 2.75) is 5.75 Å². The van der Waals surface area contributed by atoms with E-state index in [1.54, 1.807) is 24.3 Å². The Bertz CT molecular complexity index is 896. The average Bonchev–Trinajstić information content (AvgIpc) is 2.62. The number of anilines is 1. The van der Waals surface area contributed by atoms with Crippen LogP contribution in [-0.4, -0.2) is 35.7 Å². The first-order chi connectivity index (χ1) is 12.3. The Morgan fingerprint density at radius 3 is 2.15 bits per heavy atom. The summed E-state index contributed by atoms with van der Waals surface area (Å²) in [5.74, 6) is -0.466. The zero-order chi connectivity index (χ0) is 19.3. The molecule has 0 aliphatic carbocycles. The lowest BCUT2D eigenvalue weighted by Gasteiger charge is -2.15. The third-order valence-electron chi connectivity index (χ3n) is 3.46. The lowest BCUT2D eigenvalue weighted by molar-refractivity contribution is 0.0601. The number of sulfonamides is 1. The molecule has 0 aliphatic heterocycles. The summed E-state index contributed by atoms with van der Waals surface area (Å²) >= 11 is 5.80. The summed E-state index contributed by atoms with van der Waals surface area (Å²) < 4.78 is 42.4. The fraction of sp³-hybridized carbons (Fsp3) is 0.235. The lowest BCUT2D eigenvalue weighted by atomic mass is 10.1. The molecule has 0 atom stereocenters. The zero-order valence-electron chi connectivity index (χ0n) is 14.4. The number of hydrogen-bond donors (Lipinski definition) is 1. The molecule has 0 bridgehead atoms. The van der Waals surface area contributed by atoms with E-state index in [9.17, 15) is 13.2 Å². The van der Waals surface area contributed by atoms with Gasteiger partial charge in [-0.25, -0.2) is 13.2 Å². The first-order valence-electron chi connectivity index (χ1n) is 7.39. The zero-order valence-corrected chi connectivity index (χ0v) is 16.0. The molecule has 2 aromatic carbocycles. The van der Waals surface area contributed by atoms with Crippen LogP contribution in [0.4, 0.5) is 5.69 Å². The Balaban J connectivity index is 2.39. The molecule has 1 N–H and O–H groups in total. The number of nitrogens with one attached hydrogen (secondary N) is 1.